The normalized spacial score (nSPS) is 23.5. The van der Waals surface area contributed by atoms with Gasteiger partial charge in [-0.3, -0.25) is 4.79 Å². The lowest BCUT2D eigenvalue weighted by Gasteiger charge is -2.34. The topological polar surface area (TPSA) is 20.3 Å². The molecule has 21 heavy (non-hydrogen) atoms. The lowest BCUT2D eigenvalue weighted by molar-refractivity contribution is 0.0660. The van der Waals surface area contributed by atoms with Crippen molar-refractivity contribution in [1.29, 1.82) is 0 Å². The third-order valence-electron chi connectivity index (χ3n) is 5.18. The monoisotopic (exact) mass is 397 g/mol. The molecule has 2 nitrogen and oxygen atoms in total. The molecule has 1 atom stereocenters. The van der Waals surface area contributed by atoms with Crippen LogP contribution in [0.4, 0.5) is 0 Å². The first kappa shape index (κ1) is 15.3. The summed E-state index contributed by atoms with van der Waals surface area (Å²) < 4.78 is 1.12. The lowest BCUT2D eigenvalue weighted by Crippen LogP contribution is -2.41. The van der Waals surface area contributed by atoms with Crippen molar-refractivity contribution in [2.24, 2.45) is 5.92 Å². The minimum absolute atomic E-state index is 0.260. The van der Waals surface area contributed by atoms with Crippen LogP contribution in [0.3, 0.4) is 0 Å². The predicted molar refractivity (Wildman–Crippen MR) is 94.5 cm³/mol. The highest BCUT2D eigenvalue weighted by molar-refractivity contribution is 14.1. The van der Waals surface area contributed by atoms with Gasteiger partial charge in [0.05, 0.1) is 5.56 Å². The lowest BCUT2D eigenvalue weighted by atomic mass is 9.83. The first-order valence-corrected chi connectivity index (χ1v) is 9.32. The standard InChI is InChI=1S/C18H24INO/c1-13-7-5-10-15(17(13)19)18(21)20-12-6-11-16(20)14-8-3-2-4-9-14/h5,7,10,14,16H,2-4,6,8-9,11-12H2,1H3. The fraction of sp³-hybridized carbons (Fsp3) is 0.611. The number of carbonyl (C=O) groups is 1. The molecule has 1 saturated carbocycles. The van der Waals surface area contributed by atoms with Crippen LogP contribution in [0.15, 0.2) is 18.2 Å². The summed E-state index contributed by atoms with van der Waals surface area (Å²) in [5, 5.41) is 0. The van der Waals surface area contributed by atoms with Crippen LogP contribution in [0.1, 0.15) is 60.9 Å². The Morgan fingerprint density at radius 2 is 1.90 bits per heavy atom. The maximum absolute atomic E-state index is 13.0. The average molecular weight is 397 g/mol. The summed E-state index contributed by atoms with van der Waals surface area (Å²) in [5.74, 6) is 1.00. The van der Waals surface area contributed by atoms with Crippen LogP contribution in [0.25, 0.3) is 0 Å². The molecule has 1 aromatic carbocycles. The highest BCUT2D eigenvalue weighted by Gasteiger charge is 2.35. The summed E-state index contributed by atoms with van der Waals surface area (Å²) in [6.45, 7) is 3.03. The molecule has 1 aliphatic heterocycles. The van der Waals surface area contributed by atoms with Gasteiger partial charge in [-0.2, -0.15) is 0 Å². The zero-order valence-corrected chi connectivity index (χ0v) is 14.9. The third-order valence-corrected chi connectivity index (χ3v) is 6.61. The fourth-order valence-electron chi connectivity index (χ4n) is 4.02. The van der Waals surface area contributed by atoms with Crippen molar-refractivity contribution in [2.75, 3.05) is 6.54 Å². The molecule has 1 unspecified atom stereocenters. The molecule has 1 aliphatic carbocycles. The van der Waals surface area contributed by atoms with E-state index in [1.54, 1.807) is 0 Å². The highest BCUT2D eigenvalue weighted by atomic mass is 127. The van der Waals surface area contributed by atoms with E-state index in [1.165, 1.54) is 50.5 Å². The quantitative estimate of drug-likeness (QED) is 0.658. The first-order chi connectivity index (χ1) is 10.2. The fourth-order valence-corrected chi connectivity index (χ4v) is 4.61. The molecule has 0 N–H and O–H groups in total. The van der Waals surface area contributed by atoms with Gasteiger partial charge in [-0.05, 0) is 72.7 Å². The number of rotatable bonds is 2. The number of likely N-dealkylation sites (tertiary alicyclic amines) is 1. The minimum Gasteiger partial charge on any atom is -0.335 e. The van der Waals surface area contributed by atoms with E-state index in [0.29, 0.717) is 6.04 Å². The number of hydrogen-bond acceptors (Lipinski definition) is 1. The zero-order chi connectivity index (χ0) is 14.8. The van der Waals surface area contributed by atoms with Crippen LogP contribution >= 0.6 is 22.6 Å². The zero-order valence-electron chi connectivity index (χ0n) is 12.8. The van der Waals surface area contributed by atoms with Gasteiger partial charge in [0.25, 0.3) is 5.91 Å². The minimum atomic E-state index is 0.260. The summed E-state index contributed by atoms with van der Waals surface area (Å²) in [5.41, 5.74) is 2.10. The van der Waals surface area contributed by atoms with Crippen molar-refractivity contribution in [2.45, 2.75) is 57.9 Å². The van der Waals surface area contributed by atoms with Gasteiger partial charge >= 0.3 is 0 Å². The van der Waals surface area contributed by atoms with Crippen molar-refractivity contribution in [1.82, 2.24) is 4.90 Å². The van der Waals surface area contributed by atoms with Crippen molar-refractivity contribution in [3.8, 4) is 0 Å². The molecule has 1 aromatic rings. The molecule has 2 fully saturated rings. The van der Waals surface area contributed by atoms with E-state index in [0.717, 1.165) is 21.6 Å². The number of nitrogens with zero attached hydrogens (tertiary/aromatic N) is 1. The van der Waals surface area contributed by atoms with Gasteiger partial charge in [0.2, 0.25) is 0 Å². The summed E-state index contributed by atoms with van der Waals surface area (Å²) in [6.07, 6.45) is 9.11. The first-order valence-electron chi connectivity index (χ1n) is 8.24. The van der Waals surface area contributed by atoms with Crippen LogP contribution in [0.2, 0.25) is 0 Å². The van der Waals surface area contributed by atoms with E-state index in [1.807, 2.05) is 12.1 Å². The van der Waals surface area contributed by atoms with Gasteiger partial charge in [-0.15, -0.1) is 0 Å². The number of halogens is 1. The molecule has 1 heterocycles. The number of carbonyl (C=O) groups excluding carboxylic acids is 1. The number of benzene rings is 1. The van der Waals surface area contributed by atoms with Gasteiger partial charge in [0, 0.05) is 16.2 Å². The molecule has 3 rings (SSSR count). The van der Waals surface area contributed by atoms with E-state index in [9.17, 15) is 4.79 Å². The van der Waals surface area contributed by atoms with Gasteiger partial charge in [-0.1, -0.05) is 31.4 Å². The van der Waals surface area contributed by atoms with Crippen LogP contribution in [-0.2, 0) is 0 Å². The maximum atomic E-state index is 13.0. The Bertz CT molecular complexity index is 522. The molecule has 0 aromatic heterocycles. The number of aryl methyl sites for hydroxylation is 1. The van der Waals surface area contributed by atoms with Crippen LogP contribution in [-0.4, -0.2) is 23.4 Å². The Morgan fingerprint density at radius 1 is 1.14 bits per heavy atom. The molecule has 1 amide bonds. The largest absolute Gasteiger partial charge is 0.335 e. The second kappa shape index (κ2) is 6.67. The molecular formula is C18H24INO. The van der Waals surface area contributed by atoms with Crippen LogP contribution in [0, 0.1) is 16.4 Å². The molecule has 1 saturated heterocycles. The molecule has 2 aliphatic rings. The average Bonchev–Trinajstić information content (AvgIpc) is 3.00. The second-order valence-electron chi connectivity index (χ2n) is 6.54. The Balaban J connectivity index is 1.81. The van der Waals surface area contributed by atoms with E-state index in [-0.39, 0.29) is 5.91 Å². The predicted octanol–water partition coefficient (Wildman–Crippen LogP) is 4.78. The Labute approximate surface area is 141 Å². The van der Waals surface area contributed by atoms with E-state index in [2.05, 4.69) is 40.5 Å². The molecule has 3 heteroatoms. The summed E-state index contributed by atoms with van der Waals surface area (Å²) >= 11 is 2.32. The maximum Gasteiger partial charge on any atom is 0.255 e. The van der Waals surface area contributed by atoms with Crippen LogP contribution < -0.4 is 0 Å². The number of hydrogen-bond donors (Lipinski definition) is 0. The molecule has 0 radical (unpaired) electrons. The van der Waals surface area contributed by atoms with Gasteiger partial charge in [-0.25, -0.2) is 0 Å². The van der Waals surface area contributed by atoms with Gasteiger partial charge in [0.15, 0.2) is 0 Å². The Morgan fingerprint density at radius 3 is 2.67 bits per heavy atom. The molecule has 0 bridgehead atoms. The smallest absolute Gasteiger partial charge is 0.255 e. The van der Waals surface area contributed by atoms with Gasteiger partial charge < -0.3 is 4.90 Å². The van der Waals surface area contributed by atoms with Crippen molar-refractivity contribution < 1.29 is 4.79 Å². The summed E-state index contributed by atoms with van der Waals surface area (Å²) in [4.78, 5) is 15.2. The van der Waals surface area contributed by atoms with Crippen LogP contribution in [0.5, 0.6) is 0 Å². The van der Waals surface area contributed by atoms with Gasteiger partial charge in [0.1, 0.15) is 0 Å². The van der Waals surface area contributed by atoms with Crippen molar-refractivity contribution in [3.05, 3.63) is 32.9 Å². The summed E-state index contributed by atoms with van der Waals surface area (Å²) in [7, 11) is 0. The SMILES string of the molecule is Cc1cccc(C(=O)N2CCCC2C2CCCCC2)c1I. The van der Waals surface area contributed by atoms with Crippen molar-refractivity contribution in [3.63, 3.8) is 0 Å². The molecule has 114 valence electrons. The summed E-state index contributed by atoms with van der Waals surface area (Å²) in [6, 6.07) is 6.58. The number of amides is 1. The van der Waals surface area contributed by atoms with Crippen molar-refractivity contribution >= 4 is 28.5 Å². The Hall–Kier alpha value is -0.580. The second-order valence-corrected chi connectivity index (χ2v) is 7.62. The molecular weight excluding hydrogens is 373 g/mol. The van der Waals surface area contributed by atoms with E-state index >= 15 is 0 Å². The third kappa shape index (κ3) is 3.13. The Kier molecular flexibility index (Phi) is 4.87. The van der Waals surface area contributed by atoms with E-state index in [4.69, 9.17) is 0 Å². The highest BCUT2D eigenvalue weighted by Crippen LogP contribution is 2.35. The van der Waals surface area contributed by atoms with E-state index < -0.39 is 0 Å². The molecule has 0 spiro atoms.